The summed E-state index contributed by atoms with van der Waals surface area (Å²) in [6.45, 7) is 2.03. The van der Waals surface area contributed by atoms with Gasteiger partial charge in [0.1, 0.15) is 12.4 Å². The molecule has 0 spiro atoms. The minimum Gasteiger partial charge on any atom is -0.352 e. The molecule has 5 N–H and O–H groups in total. The van der Waals surface area contributed by atoms with Crippen LogP contribution in [0.3, 0.4) is 0 Å². The van der Waals surface area contributed by atoms with Crippen LogP contribution < -0.4 is 16.0 Å². The highest BCUT2D eigenvalue weighted by Crippen LogP contribution is 1.75. The molecule has 0 fully saturated rings. The van der Waals surface area contributed by atoms with Crippen LogP contribution >= 0.6 is 0 Å². The number of amides is 2. The van der Waals surface area contributed by atoms with Crippen molar-refractivity contribution in [1.82, 2.24) is 4.98 Å². The van der Waals surface area contributed by atoms with Crippen LogP contribution in [0.1, 0.15) is 5.82 Å². The first-order valence-corrected chi connectivity index (χ1v) is 3.08. The van der Waals surface area contributed by atoms with Gasteiger partial charge < -0.3 is 11.5 Å². The molecule has 0 aliphatic heterocycles. The van der Waals surface area contributed by atoms with Gasteiger partial charge in [0.05, 0.1) is 7.05 Å². The highest BCUT2D eigenvalue weighted by atomic mass is 16.2. The largest absolute Gasteiger partial charge is 0.352 e. The Morgan fingerprint density at radius 1 is 1.64 bits per heavy atom. The number of nitrogens with zero attached hydrogens (tertiary/aromatic N) is 1. The molecule has 0 radical (unpaired) electrons. The molecule has 0 atom stereocenters. The predicted molar refractivity (Wildman–Crippen MR) is 40.5 cm³/mol. The van der Waals surface area contributed by atoms with Crippen LogP contribution in [0.25, 0.3) is 0 Å². The van der Waals surface area contributed by atoms with Crippen LogP contribution in [0.15, 0.2) is 12.4 Å². The molecule has 0 unspecified atom stereocenters. The van der Waals surface area contributed by atoms with Crippen molar-refractivity contribution in [2.24, 2.45) is 18.5 Å². The fourth-order valence-electron chi connectivity index (χ4n) is 0.483. The second-order valence-electron chi connectivity index (χ2n) is 2.06. The zero-order valence-corrected chi connectivity index (χ0v) is 6.66. The molecular weight excluding hydrogens is 144 g/mol. The van der Waals surface area contributed by atoms with E-state index >= 15 is 0 Å². The number of H-pyrrole nitrogens is 1. The lowest BCUT2D eigenvalue weighted by molar-refractivity contribution is -0.676. The number of imidazole rings is 1. The van der Waals surface area contributed by atoms with Crippen LogP contribution in [-0.4, -0.2) is 11.0 Å². The third kappa shape index (κ3) is 4.95. The first kappa shape index (κ1) is 9.48. The highest BCUT2D eigenvalue weighted by molar-refractivity contribution is 5.69. The molecule has 11 heavy (non-hydrogen) atoms. The van der Waals surface area contributed by atoms with Crippen LogP contribution in [0.5, 0.6) is 0 Å². The summed E-state index contributed by atoms with van der Waals surface area (Å²) in [4.78, 5) is 12.0. The Morgan fingerprint density at radius 2 is 2.09 bits per heavy atom. The van der Waals surface area contributed by atoms with Gasteiger partial charge in [-0.2, -0.15) is 0 Å². The van der Waals surface area contributed by atoms with Crippen molar-refractivity contribution in [3.05, 3.63) is 18.2 Å². The first-order chi connectivity index (χ1) is 5.04. The topological polar surface area (TPSA) is 88.8 Å². The minimum atomic E-state index is -0.833. The van der Waals surface area contributed by atoms with E-state index in [-0.39, 0.29) is 0 Å². The van der Waals surface area contributed by atoms with Crippen molar-refractivity contribution >= 4 is 6.03 Å². The standard InChI is InChI=1S/C5H8N2.CH4N2O/c1-5-6-3-4-7(5)2;2-1(3)4/h3-4H,1-2H3;(H4,2,3,4)/p+1. The number of carbonyl (C=O) groups is 1. The number of hydrogen-bond donors (Lipinski definition) is 3. The lowest BCUT2D eigenvalue weighted by atomic mass is 10.7. The quantitative estimate of drug-likeness (QED) is 0.422. The number of nitrogens with two attached hydrogens (primary N) is 2. The fraction of sp³-hybridized carbons (Fsp3) is 0.333. The van der Waals surface area contributed by atoms with Gasteiger partial charge in [-0.05, 0) is 0 Å². The van der Waals surface area contributed by atoms with Crippen LogP contribution in [0.4, 0.5) is 4.79 Å². The maximum Gasteiger partial charge on any atom is 0.309 e. The number of primary amides is 2. The molecule has 0 aliphatic carbocycles. The van der Waals surface area contributed by atoms with E-state index in [1.807, 2.05) is 30.9 Å². The van der Waals surface area contributed by atoms with Crippen molar-refractivity contribution in [3.63, 3.8) is 0 Å². The normalized spacial score (nSPS) is 8.18. The van der Waals surface area contributed by atoms with Crippen molar-refractivity contribution in [2.45, 2.75) is 6.92 Å². The van der Waals surface area contributed by atoms with Gasteiger partial charge in [0.15, 0.2) is 0 Å². The summed E-state index contributed by atoms with van der Waals surface area (Å²) >= 11 is 0. The molecule has 1 aromatic rings. The van der Waals surface area contributed by atoms with E-state index in [9.17, 15) is 0 Å². The zero-order chi connectivity index (χ0) is 8.85. The fourth-order valence-corrected chi connectivity index (χ4v) is 0.483. The van der Waals surface area contributed by atoms with E-state index < -0.39 is 6.03 Å². The molecule has 5 nitrogen and oxygen atoms in total. The number of aromatic amines is 1. The molecule has 1 heterocycles. The number of aryl methyl sites for hydroxylation is 2. The molecule has 1 rings (SSSR count). The van der Waals surface area contributed by atoms with Gasteiger partial charge in [-0.15, -0.1) is 0 Å². The second kappa shape index (κ2) is 4.32. The van der Waals surface area contributed by atoms with Gasteiger partial charge in [0.2, 0.25) is 0 Å². The molecule has 0 saturated heterocycles. The Hall–Kier alpha value is -1.52. The molecule has 0 aliphatic rings. The lowest BCUT2D eigenvalue weighted by Gasteiger charge is -1.77. The van der Waals surface area contributed by atoms with Crippen molar-refractivity contribution < 1.29 is 9.36 Å². The molecule has 5 heteroatoms. The van der Waals surface area contributed by atoms with E-state index in [1.54, 1.807) is 0 Å². The Balaban J connectivity index is 0.000000218. The number of aromatic nitrogens is 2. The van der Waals surface area contributed by atoms with Gasteiger partial charge in [-0.3, -0.25) is 0 Å². The zero-order valence-electron chi connectivity index (χ0n) is 6.66. The molecule has 0 saturated carbocycles. The number of urea groups is 1. The van der Waals surface area contributed by atoms with Crippen molar-refractivity contribution in [2.75, 3.05) is 0 Å². The Kier molecular flexibility index (Phi) is 3.72. The van der Waals surface area contributed by atoms with E-state index in [0.717, 1.165) is 0 Å². The smallest absolute Gasteiger partial charge is 0.309 e. The van der Waals surface area contributed by atoms with Crippen LogP contribution in [0.2, 0.25) is 0 Å². The molecule has 0 aromatic carbocycles. The Labute approximate surface area is 65.0 Å². The summed E-state index contributed by atoms with van der Waals surface area (Å²) in [6.07, 6.45) is 3.89. The average Bonchev–Trinajstić information content (AvgIpc) is 2.15. The molecule has 1 aromatic heterocycles. The maximum atomic E-state index is 9.00. The van der Waals surface area contributed by atoms with Crippen LogP contribution in [-0.2, 0) is 7.05 Å². The summed E-state index contributed by atoms with van der Waals surface area (Å²) in [5.41, 5.74) is 8.50. The molecule has 0 bridgehead atoms. The molecule has 62 valence electrons. The van der Waals surface area contributed by atoms with E-state index in [2.05, 4.69) is 16.5 Å². The number of carbonyl (C=O) groups excluding carboxylic acids is 1. The van der Waals surface area contributed by atoms with Gasteiger partial charge in [-0.25, -0.2) is 14.3 Å². The first-order valence-electron chi connectivity index (χ1n) is 3.08. The summed E-state index contributed by atoms with van der Waals surface area (Å²) in [7, 11) is 2.01. The predicted octanol–water partition coefficient (Wildman–Crippen LogP) is -0.829. The summed E-state index contributed by atoms with van der Waals surface area (Å²) in [6, 6.07) is -0.833. The SMILES string of the molecule is Cc1[nH]cc[n+]1C.NC(N)=O. The Morgan fingerprint density at radius 3 is 2.18 bits per heavy atom. The van der Waals surface area contributed by atoms with Gasteiger partial charge in [0, 0.05) is 6.92 Å². The van der Waals surface area contributed by atoms with Gasteiger partial charge in [0.25, 0.3) is 5.82 Å². The van der Waals surface area contributed by atoms with Crippen molar-refractivity contribution in [3.8, 4) is 0 Å². The second-order valence-corrected chi connectivity index (χ2v) is 2.06. The number of rotatable bonds is 0. The van der Waals surface area contributed by atoms with E-state index in [1.165, 1.54) is 5.82 Å². The third-order valence-electron chi connectivity index (χ3n) is 1.12. The molecule has 2 amide bonds. The summed E-state index contributed by atoms with van der Waals surface area (Å²) < 4.78 is 2.03. The van der Waals surface area contributed by atoms with Crippen LogP contribution in [0, 0.1) is 6.92 Å². The minimum absolute atomic E-state index is 0.833. The summed E-state index contributed by atoms with van der Waals surface area (Å²) in [5.74, 6) is 1.18. The average molecular weight is 157 g/mol. The lowest BCUT2D eigenvalue weighted by Crippen LogP contribution is -2.27. The number of hydrogen-bond acceptors (Lipinski definition) is 1. The van der Waals surface area contributed by atoms with Crippen molar-refractivity contribution in [1.29, 1.82) is 0 Å². The summed E-state index contributed by atoms with van der Waals surface area (Å²) in [5, 5.41) is 0. The molecular formula is C6H13N4O+. The van der Waals surface area contributed by atoms with E-state index in [4.69, 9.17) is 4.79 Å². The van der Waals surface area contributed by atoms with E-state index in [0.29, 0.717) is 0 Å². The van der Waals surface area contributed by atoms with Gasteiger partial charge in [-0.1, -0.05) is 0 Å². The van der Waals surface area contributed by atoms with Gasteiger partial charge >= 0.3 is 6.03 Å². The monoisotopic (exact) mass is 157 g/mol. The Bertz CT molecular complexity index is 210. The number of nitrogens with one attached hydrogen (secondary N) is 1. The highest BCUT2D eigenvalue weighted by Gasteiger charge is 1.93. The maximum absolute atomic E-state index is 9.00. The third-order valence-corrected chi connectivity index (χ3v) is 1.12.